The highest BCUT2D eigenvalue weighted by molar-refractivity contribution is 4.82. The topological polar surface area (TPSA) is 30.5 Å². The van der Waals surface area contributed by atoms with Crippen molar-refractivity contribution < 1.29 is 22.6 Å². The third-order valence-electron chi connectivity index (χ3n) is 3.68. The minimum Gasteiger partial charge on any atom is -0.380 e. The molecule has 0 spiro atoms. The number of rotatable bonds is 6. The van der Waals surface area contributed by atoms with Gasteiger partial charge in [-0.25, -0.2) is 0 Å². The maximum Gasteiger partial charge on any atom is 0.411 e. The zero-order valence-corrected chi connectivity index (χ0v) is 11.8. The second-order valence-corrected chi connectivity index (χ2v) is 5.31. The van der Waals surface area contributed by atoms with Gasteiger partial charge in [-0.15, -0.1) is 0 Å². The molecule has 0 aliphatic heterocycles. The van der Waals surface area contributed by atoms with Crippen LogP contribution in [0.25, 0.3) is 0 Å². The summed E-state index contributed by atoms with van der Waals surface area (Å²) in [5, 5.41) is 3.41. The fraction of sp³-hybridized carbons (Fsp3) is 1.00. The summed E-state index contributed by atoms with van der Waals surface area (Å²) in [5.74, 6) is 0. The second-order valence-electron chi connectivity index (χ2n) is 5.31. The minimum atomic E-state index is -4.24. The average molecular weight is 283 g/mol. The Hall–Kier alpha value is -0.330. The summed E-state index contributed by atoms with van der Waals surface area (Å²) in [7, 11) is 1.65. The molecule has 1 fully saturated rings. The molecule has 1 N–H and O–H groups in total. The Labute approximate surface area is 112 Å². The molecule has 3 nitrogen and oxygen atoms in total. The van der Waals surface area contributed by atoms with Crippen LogP contribution in [0.2, 0.25) is 0 Å². The van der Waals surface area contributed by atoms with Gasteiger partial charge in [-0.3, -0.25) is 0 Å². The number of nitrogens with one attached hydrogen (secondary N) is 1. The fourth-order valence-electron chi connectivity index (χ4n) is 2.37. The molecular weight excluding hydrogens is 259 g/mol. The molecule has 4 atom stereocenters. The Kier molecular flexibility index (Phi) is 6.56. The molecule has 1 rings (SSSR count). The molecular formula is C13H24F3NO2. The van der Waals surface area contributed by atoms with Gasteiger partial charge in [0.15, 0.2) is 0 Å². The Bertz CT molecular complexity index is 261. The van der Waals surface area contributed by atoms with E-state index < -0.39 is 12.8 Å². The van der Waals surface area contributed by atoms with E-state index in [4.69, 9.17) is 9.47 Å². The van der Waals surface area contributed by atoms with E-state index in [9.17, 15) is 13.2 Å². The van der Waals surface area contributed by atoms with E-state index in [0.717, 1.165) is 12.8 Å². The van der Waals surface area contributed by atoms with Crippen LogP contribution in [0.15, 0.2) is 0 Å². The molecule has 4 unspecified atom stereocenters. The molecule has 6 heteroatoms. The Morgan fingerprint density at radius 2 is 1.95 bits per heavy atom. The molecule has 114 valence electrons. The maximum atomic E-state index is 12.1. The fourth-order valence-corrected chi connectivity index (χ4v) is 2.37. The summed E-state index contributed by atoms with van der Waals surface area (Å²) in [6.45, 7) is 2.85. The van der Waals surface area contributed by atoms with E-state index in [1.54, 1.807) is 7.11 Å². The van der Waals surface area contributed by atoms with Crippen molar-refractivity contribution >= 4 is 0 Å². The van der Waals surface area contributed by atoms with Gasteiger partial charge in [-0.05, 0) is 39.5 Å². The molecule has 0 radical (unpaired) electrons. The molecule has 0 amide bonds. The molecule has 1 aliphatic rings. The normalized spacial score (nSPS) is 28.1. The molecule has 0 saturated heterocycles. The number of halogens is 3. The van der Waals surface area contributed by atoms with E-state index in [-0.39, 0.29) is 24.3 Å². The predicted molar refractivity (Wildman–Crippen MR) is 67.1 cm³/mol. The summed E-state index contributed by atoms with van der Waals surface area (Å²) in [5.41, 5.74) is 0. The zero-order valence-electron chi connectivity index (χ0n) is 11.8. The highest BCUT2D eigenvalue weighted by Crippen LogP contribution is 2.24. The van der Waals surface area contributed by atoms with Crippen LogP contribution in [0.5, 0.6) is 0 Å². The summed E-state index contributed by atoms with van der Waals surface area (Å²) in [6, 6.07) is 0.385. The van der Waals surface area contributed by atoms with E-state index in [1.807, 2.05) is 13.8 Å². The van der Waals surface area contributed by atoms with Crippen molar-refractivity contribution in [2.75, 3.05) is 13.7 Å². The van der Waals surface area contributed by atoms with Crippen LogP contribution in [-0.2, 0) is 9.47 Å². The number of alkyl halides is 3. The number of ether oxygens (including phenoxy) is 2. The first kappa shape index (κ1) is 16.7. The van der Waals surface area contributed by atoms with Crippen molar-refractivity contribution in [3.05, 3.63) is 0 Å². The lowest BCUT2D eigenvalue weighted by atomic mass is 9.92. The lowest BCUT2D eigenvalue weighted by Crippen LogP contribution is -2.46. The molecule has 19 heavy (non-hydrogen) atoms. The first-order chi connectivity index (χ1) is 8.81. The quantitative estimate of drug-likeness (QED) is 0.813. The predicted octanol–water partition coefficient (Wildman–Crippen LogP) is 2.89. The van der Waals surface area contributed by atoms with Crippen LogP contribution in [0, 0.1) is 0 Å². The third kappa shape index (κ3) is 6.58. The molecule has 0 aromatic rings. The Balaban J connectivity index is 2.33. The molecule has 1 aliphatic carbocycles. The van der Waals surface area contributed by atoms with Gasteiger partial charge in [0.2, 0.25) is 0 Å². The van der Waals surface area contributed by atoms with Crippen LogP contribution in [0.3, 0.4) is 0 Å². The van der Waals surface area contributed by atoms with Crippen LogP contribution < -0.4 is 5.32 Å². The van der Waals surface area contributed by atoms with Crippen molar-refractivity contribution in [1.29, 1.82) is 0 Å². The SMILES string of the molecule is COC(C)C(C)NC1CCCC(OCC(F)(F)F)C1. The van der Waals surface area contributed by atoms with Crippen LogP contribution in [0.4, 0.5) is 13.2 Å². The Morgan fingerprint density at radius 3 is 2.53 bits per heavy atom. The van der Waals surface area contributed by atoms with Gasteiger partial charge in [-0.2, -0.15) is 13.2 Å². The molecule has 0 aromatic carbocycles. The van der Waals surface area contributed by atoms with Crippen molar-refractivity contribution in [3.63, 3.8) is 0 Å². The van der Waals surface area contributed by atoms with Gasteiger partial charge in [0.05, 0.1) is 12.2 Å². The van der Waals surface area contributed by atoms with E-state index in [2.05, 4.69) is 5.32 Å². The van der Waals surface area contributed by atoms with Crippen molar-refractivity contribution in [2.45, 2.75) is 70.0 Å². The summed E-state index contributed by atoms with van der Waals surface area (Å²) >= 11 is 0. The van der Waals surface area contributed by atoms with E-state index in [1.165, 1.54) is 0 Å². The Morgan fingerprint density at radius 1 is 1.26 bits per heavy atom. The van der Waals surface area contributed by atoms with Crippen molar-refractivity contribution in [1.82, 2.24) is 5.32 Å². The van der Waals surface area contributed by atoms with Gasteiger partial charge in [0, 0.05) is 19.2 Å². The lowest BCUT2D eigenvalue weighted by molar-refractivity contribution is -0.188. The van der Waals surface area contributed by atoms with Gasteiger partial charge in [0.1, 0.15) is 6.61 Å². The van der Waals surface area contributed by atoms with Gasteiger partial charge < -0.3 is 14.8 Å². The van der Waals surface area contributed by atoms with Crippen molar-refractivity contribution in [3.8, 4) is 0 Å². The number of methoxy groups -OCH3 is 1. The molecule has 0 heterocycles. The monoisotopic (exact) mass is 283 g/mol. The molecule has 1 saturated carbocycles. The van der Waals surface area contributed by atoms with Crippen molar-refractivity contribution in [2.24, 2.45) is 0 Å². The van der Waals surface area contributed by atoms with Gasteiger partial charge in [-0.1, -0.05) is 0 Å². The van der Waals surface area contributed by atoms with Crippen LogP contribution in [0.1, 0.15) is 39.5 Å². The number of hydrogen-bond acceptors (Lipinski definition) is 3. The average Bonchev–Trinajstić information content (AvgIpc) is 2.35. The number of hydrogen-bond donors (Lipinski definition) is 1. The summed E-state index contributed by atoms with van der Waals surface area (Å²) in [4.78, 5) is 0. The highest BCUT2D eigenvalue weighted by atomic mass is 19.4. The molecule has 0 bridgehead atoms. The summed E-state index contributed by atoms with van der Waals surface area (Å²) < 4.78 is 46.5. The standard InChI is InChI=1S/C13H24F3NO2/c1-9(10(2)18-3)17-11-5-4-6-12(7-11)19-8-13(14,15)16/h9-12,17H,4-8H2,1-3H3. The van der Waals surface area contributed by atoms with Crippen LogP contribution >= 0.6 is 0 Å². The van der Waals surface area contributed by atoms with E-state index >= 15 is 0 Å². The third-order valence-corrected chi connectivity index (χ3v) is 3.68. The van der Waals surface area contributed by atoms with E-state index in [0.29, 0.717) is 12.8 Å². The largest absolute Gasteiger partial charge is 0.411 e. The van der Waals surface area contributed by atoms with Gasteiger partial charge >= 0.3 is 6.18 Å². The zero-order chi connectivity index (χ0) is 14.5. The second kappa shape index (κ2) is 7.45. The van der Waals surface area contributed by atoms with Crippen LogP contribution in [-0.4, -0.2) is 44.2 Å². The lowest BCUT2D eigenvalue weighted by Gasteiger charge is -2.33. The first-order valence-electron chi connectivity index (χ1n) is 6.79. The minimum absolute atomic E-state index is 0.0801. The maximum absolute atomic E-state index is 12.1. The highest BCUT2D eigenvalue weighted by Gasteiger charge is 2.31. The smallest absolute Gasteiger partial charge is 0.380 e. The first-order valence-corrected chi connectivity index (χ1v) is 6.79. The van der Waals surface area contributed by atoms with Gasteiger partial charge in [0.25, 0.3) is 0 Å². The molecule has 0 aromatic heterocycles. The summed E-state index contributed by atoms with van der Waals surface area (Å²) in [6.07, 6.45) is -1.23.